The molecular formula is C21H27N3O3S. The molecule has 150 valence electrons. The molecule has 1 aliphatic heterocycles. The Morgan fingerprint density at radius 1 is 0.929 bits per heavy atom. The molecule has 1 saturated heterocycles. The Bertz CT molecular complexity index is 878. The summed E-state index contributed by atoms with van der Waals surface area (Å²) in [5.41, 5.74) is 1.72. The van der Waals surface area contributed by atoms with E-state index in [-0.39, 0.29) is 11.7 Å². The van der Waals surface area contributed by atoms with Crippen molar-refractivity contribution in [2.45, 2.75) is 11.8 Å². The third kappa shape index (κ3) is 4.79. The largest absolute Gasteiger partial charge is 0.347 e. The van der Waals surface area contributed by atoms with Crippen molar-refractivity contribution in [2.75, 3.05) is 40.3 Å². The number of amides is 1. The predicted molar refractivity (Wildman–Crippen MR) is 110 cm³/mol. The second-order valence-corrected chi connectivity index (χ2v) is 9.19. The summed E-state index contributed by atoms with van der Waals surface area (Å²) in [6.45, 7) is 1.82. The van der Waals surface area contributed by atoms with Gasteiger partial charge in [0, 0.05) is 40.3 Å². The number of sulfonamides is 1. The predicted octanol–water partition coefficient (Wildman–Crippen LogP) is 1.96. The Morgan fingerprint density at radius 3 is 2.00 bits per heavy atom. The molecule has 3 rings (SSSR count). The molecule has 1 fully saturated rings. The summed E-state index contributed by atoms with van der Waals surface area (Å²) in [4.78, 5) is 16.5. The van der Waals surface area contributed by atoms with Crippen LogP contribution in [0.15, 0.2) is 60.7 Å². The van der Waals surface area contributed by atoms with Crippen molar-refractivity contribution in [3.63, 3.8) is 0 Å². The average molecular weight is 402 g/mol. The monoisotopic (exact) mass is 401 g/mol. The van der Waals surface area contributed by atoms with Crippen molar-refractivity contribution in [1.82, 2.24) is 14.1 Å². The van der Waals surface area contributed by atoms with E-state index >= 15 is 0 Å². The van der Waals surface area contributed by atoms with Gasteiger partial charge in [0.15, 0.2) is 0 Å². The average Bonchev–Trinajstić information content (AvgIpc) is 2.70. The van der Waals surface area contributed by atoms with Gasteiger partial charge in [-0.05, 0) is 11.1 Å². The second kappa shape index (κ2) is 8.86. The maximum absolute atomic E-state index is 12.8. The first kappa shape index (κ1) is 20.5. The molecule has 0 bridgehead atoms. The van der Waals surface area contributed by atoms with Gasteiger partial charge in [-0.3, -0.25) is 9.69 Å². The molecule has 0 N–H and O–H groups in total. The van der Waals surface area contributed by atoms with Crippen LogP contribution in [0.3, 0.4) is 0 Å². The number of carbonyl (C=O) groups is 1. The van der Waals surface area contributed by atoms with Crippen LogP contribution in [0.4, 0.5) is 0 Å². The smallest absolute Gasteiger partial charge is 0.244 e. The molecule has 1 heterocycles. The van der Waals surface area contributed by atoms with E-state index in [4.69, 9.17) is 0 Å². The van der Waals surface area contributed by atoms with Gasteiger partial charge in [-0.2, -0.15) is 4.31 Å². The highest BCUT2D eigenvalue weighted by Gasteiger charge is 2.34. The summed E-state index contributed by atoms with van der Waals surface area (Å²) in [6, 6.07) is 18.5. The van der Waals surface area contributed by atoms with Crippen molar-refractivity contribution in [2.24, 2.45) is 0 Å². The fourth-order valence-corrected chi connectivity index (χ4v) is 5.02. The summed E-state index contributed by atoms with van der Waals surface area (Å²) in [7, 11) is 0.122. The molecule has 0 aromatic heterocycles. The molecule has 7 heteroatoms. The van der Waals surface area contributed by atoms with Crippen molar-refractivity contribution >= 4 is 15.9 Å². The van der Waals surface area contributed by atoms with Gasteiger partial charge >= 0.3 is 0 Å². The Hall–Kier alpha value is -2.22. The number of hydrogen-bond donors (Lipinski definition) is 0. The van der Waals surface area contributed by atoms with Gasteiger partial charge in [-0.1, -0.05) is 60.7 Å². The number of hydrogen-bond acceptors (Lipinski definition) is 4. The lowest BCUT2D eigenvalue weighted by atomic mass is 10.0. The zero-order valence-electron chi connectivity index (χ0n) is 16.4. The lowest BCUT2D eigenvalue weighted by Gasteiger charge is -2.39. The van der Waals surface area contributed by atoms with Gasteiger partial charge < -0.3 is 4.90 Å². The number of likely N-dealkylation sites (N-methyl/N-ethyl adjacent to an activating group) is 1. The second-order valence-electron chi connectivity index (χ2n) is 7.22. The molecule has 0 aliphatic carbocycles. The van der Waals surface area contributed by atoms with Crippen LogP contribution < -0.4 is 0 Å². The SMILES string of the molecule is CN(C)C(=O)[C@@H](c1ccccc1)N1CCN(S(=O)(=O)Cc2ccccc2)CC1. The molecule has 1 atom stereocenters. The van der Waals surface area contributed by atoms with E-state index < -0.39 is 16.1 Å². The zero-order chi connectivity index (χ0) is 20.1. The summed E-state index contributed by atoms with van der Waals surface area (Å²) in [5.74, 6) is 0.0128. The van der Waals surface area contributed by atoms with E-state index in [9.17, 15) is 13.2 Å². The maximum atomic E-state index is 12.8. The molecule has 2 aromatic carbocycles. The van der Waals surface area contributed by atoms with E-state index in [1.54, 1.807) is 23.3 Å². The Morgan fingerprint density at radius 2 is 1.46 bits per heavy atom. The summed E-state index contributed by atoms with van der Waals surface area (Å²) in [5, 5.41) is 0. The molecule has 6 nitrogen and oxygen atoms in total. The topological polar surface area (TPSA) is 60.9 Å². The molecule has 28 heavy (non-hydrogen) atoms. The fraction of sp³-hybridized carbons (Fsp3) is 0.381. The molecular weight excluding hydrogens is 374 g/mol. The zero-order valence-corrected chi connectivity index (χ0v) is 17.2. The van der Waals surface area contributed by atoms with Gasteiger partial charge in [-0.25, -0.2) is 8.42 Å². The molecule has 0 radical (unpaired) electrons. The van der Waals surface area contributed by atoms with E-state index in [0.29, 0.717) is 26.2 Å². The van der Waals surface area contributed by atoms with Crippen LogP contribution in [-0.2, 0) is 20.6 Å². The molecule has 1 aliphatic rings. The minimum atomic E-state index is -3.38. The highest BCUT2D eigenvalue weighted by atomic mass is 32.2. The maximum Gasteiger partial charge on any atom is 0.244 e. The lowest BCUT2D eigenvalue weighted by molar-refractivity contribution is -0.135. The van der Waals surface area contributed by atoms with E-state index in [2.05, 4.69) is 4.90 Å². The van der Waals surface area contributed by atoms with Crippen LogP contribution in [0, 0.1) is 0 Å². The number of benzene rings is 2. The summed E-state index contributed by atoms with van der Waals surface area (Å²) in [6.07, 6.45) is 0. The number of nitrogens with zero attached hydrogens (tertiary/aromatic N) is 3. The van der Waals surface area contributed by atoms with Gasteiger partial charge in [0.05, 0.1) is 5.75 Å². The van der Waals surface area contributed by atoms with Crippen molar-refractivity contribution in [3.8, 4) is 0 Å². The number of rotatable bonds is 6. The van der Waals surface area contributed by atoms with Crippen LogP contribution in [0.2, 0.25) is 0 Å². The Balaban J connectivity index is 1.71. The van der Waals surface area contributed by atoms with Gasteiger partial charge in [0.2, 0.25) is 15.9 Å². The number of carbonyl (C=O) groups excluding carboxylic acids is 1. The third-order valence-corrected chi connectivity index (χ3v) is 6.86. The summed E-state index contributed by atoms with van der Waals surface area (Å²) >= 11 is 0. The first-order valence-electron chi connectivity index (χ1n) is 9.40. The molecule has 0 unspecified atom stereocenters. The van der Waals surface area contributed by atoms with Crippen molar-refractivity contribution in [3.05, 3.63) is 71.8 Å². The molecule has 0 saturated carbocycles. The minimum Gasteiger partial charge on any atom is -0.347 e. The van der Waals surface area contributed by atoms with Crippen molar-refractivity contribution < 1.29 is 13.2 Å². The molecule has 1 amide bonds. The Kier molecular flexibility index (Phi) is 6.49. The quantitative estimate of drug-likeness (QED) is 0.743. The van der Waals surface area contributed by atoms with Crippen LogP contribution in [0.1, 0.15) is 17.2 Å². The third-order valence-electron chi connectivity index (χ3n) is 5.01. The standard InChI is InChI=1S/C21H27N3O3S/c1-22(2)21(25)20(19-11-7-4-8-12-19)23-13-15-24(16-14-23)28(26,27)17-18-9-5-3-6-10-18/h3-12,20H,13-17H2,1-2H3/t20-/m1/s1. The highest BCUT2D eigenvalue weighted by Crippen LogP contribution is 2.25. The van der Waals surface area contributed by atoms with Crippen LogP contribution >= 0.6 is 0 Å². The normalized spacial score (nSPS) is 17.2. The van der Waals surface area contributed by atoms with Crippen molar-refractivity contribution in [1.29, 1.82) is 0 Å². The first-order chi connectivity index (χ1) is 13.4. The molecule has 2 aromatic rings. The van der Waals surface area contributed by atoms with Gasteiger partial charge in [0.1, 0.15) is 6.04 Å². The summed E-state index contributed by atoms with van der Waals surface area (Å²) < 4.78 is 27.1. The Labute approximate surface area is 167 Å². The van der Waals surface area contributed by atoms with Crippen LogP contribution in [0.5, 0.6) is 0 Å². The van der Waals surface area contributed by atoms with E-state index in [0.717, 1.165) is 11.1 Å². The van der Waals surface area contributed by atoms with E-state index in [1.165, 1.54) is 0 Å². The first-order valence-corrected chi connectivity index (χ1v) is 11.0. The van der Waals surface area contributed by atoms with Crippen LogP contribution in [-0.4, -0.2) is 68.7 Å². The van der Waals surface area contributed by atoms with Gasteiger partial charge in [-0.15, -0.1) is 0 Å². The van der Waals surface area contributed by atoms with Crippen LogP contribution in [0.25, 0.3) is 0 Å². The highest BCUT2D eigenvalue weighted by molar-refractivity contribution is 7.88. The number of piperazine rings is 1. The lowest BCUT2D eigenvalue weighted by Crippen LogP contribution is -2.52. The minimum absolute atomic E-state index is 0.00629. The van der Waals surface area contributed by atoms with Gasteiger partial charge in [0.25, 0.3) is 0 Å². The molecule has 0 spiro atoms. The fourth-order valence-electron chi connectivity index (χ4n) is 3.51. The van der Waals surface area contributed by atoms with E-state index in [1.807, 2.05) is 60.7 Å².